The zero-order chi connectivity index (χ0) is 19.8. The second-order valence-corrected chi connectivity index (χ2v) is 8.96. The number of hydrogen-bond donors (Lipinski definition) is 0. The second-order valence-electron chi connectivity index (χ2n) is 6.80. The highest BCUT2D eigenvalue weighted by atomic mass is 32.2. The fourth-order valence-electron chi connectivity index (χ4n) is 3.32. The van der Waals surface area contributed by atoms with Gasteiger partial charge in [0.1, 0.15) is 0 Å². The minimum absolute atomic E-state index is 0.0843. The first-order valence-electron chi connectivity index (χ1n) is 9.24. The highest BCUT2D eigenvalue weighted by Gasteiger charge is 2.18. The van der Waals surface area contributed by atoms with Crippen LogP contribution in [0.25, 0.3) is 16.0 Å². The van der Waals surface area contributed by atoms with Crippen LogP contribution in [0.1, 0.15) is 23.2 Å². The van der Waals surface area contributed by atoms with Crippen molar-refractivity contribution in [1.29, 1.82) is 0 Å². The van der Waals surface area contributed by atoms with E-state index in [0.717, 1.165) is 39.1 Å². The average Bonchev–Trinajstić information content (AvgIpc) is 3.30. The molecule has 0 N–H and O–H groups in total. The van der Waals surface area contributed by atoms with Gasteiger partial charge in [-0.3, -0.25) is 9.20 Å². The first-order chi connectivity index (χ1) is 13.5. The number of aryl methyl sites for hydroxylation is 3. The van der Waals surface area contributed by atoms with Gasteiger partial charge in [-0.2, -0.15) is 0 Å². The second kappa shape index (κ2) is 7.60. The number of hydrogen-bond acceptors (Lipinski definition) is 5. The average molecular weight is 414 g/mol. The summed E-state index contributed by atoms with van der Waals surface area (Å²) in [6.45, 7) is 7.55. The van der Waals surface area contributed by atoms with E-state index in [2.05, 4.69) is 40.1 Å². The molecule has 0 unspecified atom stereocenters. The molecule has 28 heavy (non-hydrogen) atoms. The molecular formula is C20H23N5OS2. The lowest BCUT2D eigenvalue weighted by atomic mass is 10.3. The molecule has 146 valence electrons. The Labute approximate surface area is 172 Å². The standard InChI is InChI=1S/C20H23N5OS2/c1-5-24-16-9-7-6-8-15(16)22-19(24)27-12-18(26)23(4)11-17-14(3)21-20-25(17)10-13(2)28-20/h6-10H,5,11-12H2,1-4H3. The molecule has 4 rings (SSSR count). The van der Waals surface area contributed by atoms with Crippen molar-refractivity contribution >= 4 is 45.0 Å². The minimum Gasteiger partial charge on any atom is -0.339 e. The molecule has 1 aromatic carbocycles. The Hall–Kier alpha value is -2.32. The number of amides is 1. The van der Waals surface area contributed by atoms with Crippen LogP contribution in [0.4, 0.5) is 0 Å². The molecule has 0 atom stereocenters. The molecule has 6 nitrogen and oxygen atoms in total. The van der Waals surface area contributed by atoms with Crippen molar-refractivity contribution < 1.29 is 4.79 Å². The zero-order valence-electron chi connectivity index (χ0n) is 16.5. The summed E-state index contributed by atoms with van der Waals surface area (Å²) in [5, 5.41) is 0.891. The van der Waals surface area contributed by atoms with Crippen molar-refractivity contribution in [3.05, 3.63) is 46.7 Å². The number of aromatic nitrogens is 4. The van der Waals surface area contributed by atoms with Gasteiger partial charge in [-0.15, -0.1) is 11.3 Å². The summed E-state index contributed by atoms with van der Waals surface area (Å²) in [6.07, 6.45) is 2.09. The lowest BCUT2D eigenvalue weighted by Crippen LogP contribution is -2.28. The smallest absolute Gasteiger partial charge is 0.233 e. The van der Waals surface area contributed by atoms with E-state index in [4.69, 9.17) is 4.98 Å². The maximum absolute atomic E-state index is 12.8. The van der Waals surface area contributed by atoms with Crippen molar-refractivity contribution in [1.82, 2.24) is 23.8 Å². The fourth-order valence-corrected chi connectivity index (χ4v) is 5.23. The van der Waals surface area contributed by atoms with Gasteiger partial charge in [0.15, 0.2) is 10.1 Å². The first kappa shape index (κ1) is 19.0. The van der Waals surface area contributed by atoms with Crippen LogP contribution in [0.2, 0.25) is 0 Å². The van der Waals surface area contributed by atoms with Crippen LogP contribution < -0.4 is 0 Å². The van der Waals surface area contributed by atoms with Crippen LogP contribution in [0.5, 0.6) is 0 Å². The highest BCUT2D eigenvalue weighted by molar-refractivity contribution is 7.99. The Morgan fingerprint density at radius 1 is 1.25 bits per heavy atom. The van der Waals surface area contributed by atoms with Gasteiger partial charge in [0.05, 0.1) is 34.7 Å². The quantitative estimate of drug-likeness (QED) is 0.446. The van der Waals surface area contributed by atoms with E-state index in [9.17, 15) is 4.79 Å². The van der Waals surface area contributed by atoms with Crippen LogP contribution >= 0.6 is 23.1 Å². The van der Waals surface area contributed by atoms with Gasteiger partial charge in [-0.05, 0) is 32.9 Å². The summed E-state index contributed by atoms with van der Waals surface area (Å²) in [7, 11) is 1.85. The summed E-state index contributed by atoms with van der Waals surface area (Å²) in [6, 6.07) is 8.09. The largest absolute Gasteiger partial charge is 0.339 e. The van der Waals surface area contributed by atoms with Gasteiger partial charge in [-0.25, -0.2) is 9.97 Å². The number of carbonyl (C=O) groups is 1. The summed E-state index contributed by atoms with van der Waals surface area (Å²) in [4.78, 5) is 26.0. The Morgan fingerprint density at radius 3 is 2.82 bits per heavy atom. The van der Waals surface area contributed by atoms with Gasteiger partial charge in [0.2, 0.25) is 5.91 Å². The number of nitrogens with zero attached hydrogens (tertiary/aromatic N) is 5. The highest BCUT2D eigenvalue weighted by Crippen LogP contribution is 2.25. The van der Waals surface area contributed by atoms with Crippen LogP contribution in [-0.2, 0) is 17.9 Å². The number of fused-ring (bicyclic) bond motifs is 2. The Morgan fingerprint density at radius 2 is 2.04 bits per heavy atom. The van der Waals surface area contributed by atoms with E-state index in [0.29, 0.717) is 12.3 Å². The Bertz CT molecular complexity index is 1160. The van der Waals surface area contributed by atoms with Gasteiger partial charge in [0.25, 0.3) is 0 Å². The molecule has 0 bridgehead atoms. The molecule has 1 amide bonds. The molecule has 3 heterocycles. The first-order valence-corrected chi connectivity index (χ1v) is 11.0. The molecule has 8 heteroatoms. The monoisotopic (exact) mass is 413 g/mol. The predicted molar refractivity (Wildman–Crippen MR) is 115 cm³/mol. The SMILES string of the molecule is CCn1c(SCC(=O)N(C)Cc2c(C)nc3sc(C)cn23)nc2ccccc21. The lowest BCUT2D eigenvalue weighted by Gasteiger charge is -2.17. The third-order valence-corrected chi connectivity index (χ3v) is 6.67. The molecule has 3 aromatic heterocycles. The molecule has 0 fully saturated rings. The molecular weight excluding hydrogens is 390 g/mol. The summed E-state index contributed by atoms with van der Waals surface area (Å²) in [5.41, 5.74) is 4.13. The number of para-hydroxylation sites is 2. The molecule has 0 aliphatic carbocycles. The number of imidazole rings is 2. The number of benzene rings is 1. The molecule has 4 aromatic rings. The Balaban J connectivity index is 1.47. The Kier molecular flexibility index (Phi) is 5.16. The van der Waals surface area contributed by atoms with Crippen molar-refractivity contribution in [2.24, 2.45) is 0 Å². The van der Waals surface area contributed by atoms with Crippen molar-refractivity contribution in [3.8, 4) is 0 Å². The normalized spacial score (nSPS) is 11.6. The fraction of sp³-hybridized carbons (Fsp3) is 0.350. The maximum Gasteiger partial charge on any atom is 0.233 e. The van der Waals surface area contributed by atoms with E-state index in [1.807, 2.05) is 32.2 Å². The van der Waals surface area contributed by atoms with Crippen molar-refractivity contribution in [3.63, 3.8) is 0 Å². The van der Waals surface area contributed by atoms with Gasteiger partial charge in [-0.1, -0.05) is 23.9 Å². The molecule has 0 saturated carbocycles. The number of thiazole rings is 1. The molecule has 0 aliphatic heterocycles. The molecule has 0 spiro atoms. The van der Waals surface area contributed by atoms with Crippen LogP contribution in [0, 0.1) is 13.8 Å². The topological polar surface area (TPSA) is 55.4 Å². The van der Waals surface area contributed by atoms with Crippen LogP contribution in [0.15, 0.2) is 35.6 Å². The van der Waals surface area contributed by atoms with E-state index in [1.165, 1.54) is 16.6 Å². The number of thioether (sulfide) groups is 1. The van der Waals surface area contributed by atoms with E-state index in [1.54, 1.807) is 16.2 Å². The summed E-state index contributed by atoms with van der Waals surface area (Å²) < 4.78 is 4.26. The zero-order valence-corrected chi connectivity index (χ0v) is 18.1. The predicted octanol–water partition coefficient (Wildman–Crippen LogP) is 4.13. The molecule has 0 saturated heterocycles. The van der Waals surface area contributed by atoms with Crippen molar-refractivity contribution in [2.75, 3.05) is 12.8 Å². The third-order valence-electron chi connectivity index (χ3n) is 4.81. The van der Waals surface area contributed by atoms with E-state index < -0.39 is 0 Å². The number of rotatable bonds is 6. The van der Waals surface area contributed by atoms with Crippen molar-refractivity contribution in [2.45, 2.75) is 39.0 Å². The van der Waals surface area contributed by atoms with E-state index in [-0.39, 0.29) is 5.91 Å². The third kappa shape index (κ3) is 3.42. The molecule has 0 radical (unpaired) electrons. The molecule has 0 aliphatic rings. The van der Waals surface area contributed by atoms with Crippen LogP contribution in [0.3, 0.4) is 0 Å². The van der Waals surface area contributed by atoms with Gasteiger partial charge in [0, 0.05) is 24.7 Å². The lowest BCUT2D eigenvalue weighted by molar-refractivity contribution is -0.127. The van der Waals surface area contributed by atoms with Gasteiger partial charge >= 0.3 is 0 Å². The summed E-state index contributed by atoms with van der Waals surface area (Å²) in [5.74, 6) is 0.449. The van der Waals surface area contributed by atoms with Gasteiger partial charge < -0.3 is 9.47 Å². The number of carbonyl (C=O) groups excluding carboxylic acids is 1. The maximum atomic E-state index is 12.8. The summed E-state index contributed by atoms with van der Waals surface area (Å²) >= 11 is 3.17. The minimum atomic E-state index is 0.0843. The van der Waals surface area contributed by atoms with E-state index >= 15 is 0 Å². The van der Waals surface area contributed by atoms with Crippen LogP contribution in [-0.4, -0.2) is 42.5 Å².